The first-order valence-corrected chi connectivity index (χ1v) is 6.77. The highest BCUT2D eigenvalue weighted by Crippen LogP contribution is 2.17. The van der Waals surface area contributed by atoms with Crippen LogP contribution >= 0.6 is 0 Å². The van der Waals surface area contributed by atoms with Gasteiger partial charge in [0, 0.05) is 25.0 Å². The van der Waals surface area contributed by atoms with Gasteiger partial charge in [0.2, 0.25) is 0 Å². The first-order valence-electron chi connectivity index (χ1n) is 6.77. The molecule has 2 heteroatoms. The summed E-state index contributed by atoms with van der Waals surface area (Å²) in [7, 11) is 0. The van der Waals surface area contributed by atoms with E-state index >= 15 is 0 Å². The minimum atomic E-state index is 0.353. The standard InChI is InChI=1S/C17H22N2/c1-12-7-13(2)9-17(8-12)15(4)19-11-16-5-6-18-10-14(16)3/h5-10,15,19H,11H2,1-4H3. The molecular weight excluding hydrogens is 232 g/mol. The maximum atomic E-state index is 4.13. The molecule has 0 saturated heterocycles. The highest BCUT2D eigenvalue weighted by Gasteiger charge is 2.06. The Morgan fingerprint density at radius 2 is 1.79 bits per heavy atom. The van der Waals surface area contributed by atoms with E-state index in [4.69, 9.17) is 0 Å². The van der Waals surface area contributed by atoms with Crippen molar-refractivity contribution in [3.05, 3.63) is 64.5 Å². The van der Waals surface area contributed by atoms with Crippen LogP contribution in [0.5, 0.6) is 0 Å². The summed E-state index contributed by atoms with van der Waals surface area (Å²) in [5.41, 5.74) is 6.55. The summed E-state index contributed by atoms with van der Waals surface area (Å²) < 4.78 is 0. The fraction of sp³-hybridized carbons (Fsp3) is 0.353. The summed E-state index contributed by atoms with van der Waals surface area (Å²) in [6, 6.07) is 9.15. The van der Waals surface area contributed by atoms with Crippen LogP contribution in [-0.4, -0.2) is 4.98 Å². The molecule has 0 saturated carbocycles. The molecular formula is C17H22N2. The number of aromatic nitrogens is 1. The Morgan fingerprint density at radius 3 is 2.42 bits per heavy atom. The molecule has 1 N–H and O–H groups in total. The van der Waals surface area contributed by atoms with Crippen LogP contribution in [0.3, 0.4) is 0 Å². The van der Waals surface area contributed by atoms with Crippen molar-refractivity contribution < 1.29 is 0 Å². The molecule has 2 nitrogen and oxygen atoms in total. The Bertz CT molecular complexity index is 541. The summed E-state index contributed by atoms with van der Waals surface area (Å²) >= 11 is 0. The Hall–Kier alpha value is -1.67. The van der Waals surface area contributed by atoms with Crippen LogP contribution in [0.4, 0.5) is 0 Å². The Labute approximate surface area is 115 Å². The van der Waals surface area contributed by atoms with Crippen LogP contribution in [0.25, 0.3) is 0 Å². The predicted molar refractivity (Wildman–Crippen MR) is 80.1 cm³/mol. The van der Waals surface area contributed by atoms with E-state index in [1.165, 1.54) is 27.8 Å². The Morgan fingerprint density at radius 1 is 1.11 bits per heavy atom. The number of hydrogen-bond acceptors (Lipinski definition) is 2. The third-order valence-corrected chi connectivity index (χ3v) is 3.48. The van der Waals surface area contributed by atoms with Crippen LogP contribution in [-0.2, 0) is 6.54 Å². The number of hydrogen-bond donors (Lipinski definition) is 1. The third-order valence-electron chi connectivity index (χ3n) is 3.48. The molecule has 2 rings (SSSR count). The fourth-order valence-electron chi connectivity index (χ4n) is 2.34. The van der Waals surface area contributed by atoms with Crippen molar-refractivity contribution in [3.8, 4) is 0 Å². The maximum Gasteiger partial charge on any atom is 0.0300 e. The van der Waals surface area contributed by atoms with E-state index in [0.29, 0.717) is 6.04 Å². The van der Waals surface area contributed by atoms with Gasteiger partial charge in [-0.2, -0.15) is 0 Å². The van der Waals surface area contributed by atoms with Gasteiger partial charge in [-0.3, -0.25) is 4.98 Å². The molecule has 1 heterocycles. The van der Waals surface area contributed by atoms with Gasteiger partial charge in [-0.1, -0.05) is 29.3 Å². The lowest BCUT2D eigenvalue weighted by Gasteiger charge is -2.16. The molecule has 0 radical (unpaired) electrons. The summed E-state index contributed by atoms with van der Waals surface area (Å²) in [5, 5.41) is 3.58. The van der Waals surface area contributed by atoms with E-state index in [2.05, 4.69) is 62.3 Å². The van der Waals surface area contributed by atoms with Gasteiger partial charge in [0.15, 0.2) is 0 Å². The fourth-order valence-corrected chi connectivity index (χ4v) is 2.34. The lowest BCUT2D eigenvalue weighted by Crippen LogP contribution is -2.18. The molecule has 0 bridgehead atoms. The monoisotopic (exact) mass is 254 g/mol. The van der Waals surface area contributed by atoms with E-state index in [9.17, 15) is 0 Å². The van der Waals surface area contributed by atoms with E-state index < -0.39 is 0 Å². The van der Waals surface area contributed by atoms with E-state index in [-0.39, 0.29) is 0 Å². The first-order chi connectivity index (χ1) is 9.06. The van der Waals surface area contributed by atoms with E-state index in [1.807, 2.05) is 12.4 Å². The van der Waals surface area contributed by atoms with Crippen molar-refractivity contribution in [3.63, 3.8) is 0 Å². The highest BCUT2D eigenvalue weighted by atomic mass is 14.9. The van der Waals surface area contributed by atoms with Gasteiger partial charge in [0.05, 0.1) is 0 Å². The molecule has 2 aromatic rings. The Kier molecular flexibility index (Phi) is 4.33. The summed E-state index contributed by atoms with van der Waals surface area (Å²) in [5.74, 6) is 0. The quantitative estimate of drug-likeness (QED) is 0.896. The number of nitrogens with zero attached hydrogens (tertiary/aromatic N) is 1. The van der Waals surface area contributed by atoms with Crippen LogP contribution in [0, 0.1) is 20.8 Å². The van der Waals surface area contributed by atoms with Gasteiger partial charge < -0.3 is 5.32 Å². The van der Waals surface area contributed by atoms with Crippen molar-refractivity contribution >= 4 is 0 Å². The smallest absolute Gasteiger partial charge is 0.0300 e. The maximum absolute atomic E-state index is 4.13. The molecule has 1 atom stereocenters. The topological polar surface area (TPSA) is 24.9 Å². The number of nitrogens with one attached hydrogen (secondary N) is 1. The number of aryl methyl sites for hydroxylation is 3. The van der Waals surface area contributed by atoms with Gasteiger partial charge in [-0.05, 0) is 50.5 Å². The van der Waals surface area contributed by atoms with Gasteiger partial charge in [0.25, 0.3) is 0 Å². The number of benzene rings is 1. The van der Waals surface area contributed by atoms with Crippen molar-refractivity contribution in [1.82, 2.24) is 10.3 Å². The van der Waals surface area contributed by atoms with Crippen molar-refractivity contribution in [1.29, 1.82) is 0 Å². The molecule has 1 aromatic carbocycles. The minimum Gasteiger partial charge on any atom is -0.306 e. The van der Waals surface area contributed by atoms with E-state index in [0.717, 1.165) is 6.54 Å². The zero-order chi connectivity index (χ0) is 13.8. The van der Waals surface area contributed by atoms with E-state index in [1.54, 1.807) is 0 Å². The van der Waals surface area contributed by atoms with Crippen molar-refractivity contribution in [2.75, 3.05) is 0 Å². The van der Waals surface area contributed by atoms with Gasteiger partial charge in [-0.15, -0.1) is 0 Å². The largest absolute Gasteiger partial charge is 0.306 e. The summed E-state index contributed by atoms with van der Waals surface area (Å²) in [4.78, 5) is 4.13. The molecule has 0 amide bonds. The van der Waals surface area contributed by atoms with Crippen LogP contribution in [0.15, 0.2) is 36.7 Å². The molecule has 0 spiro atoms. The molecule has 0 aliphatic carbocycles. The summed E-state index contributed by atoms with van der Waals surface area (Å²) in [6.45, 7) is 9.49. The zero-order valence-corrected chi connectivity index (χ0v) is 12.2. The molecule has 19 heavy (non-hydrogen) atoms. The molecule has 1 aromatic heterocycles. The second-order valence-electron chi connectivity index (χ2n) is 5.33. The highest BCUT2D eigenvalue weighted by molar-refractivity contribution is 5.30. The average Bonchev–Trinajstić information content (AvgIpc) is 2.36. The van der Waals surface area contributed by atoms with Gasteiger partial charge in [0.1, 0.15) is 0 Å². The minimum absolute atomic E-state index is 0.353. The van der Waals surface area contributed by atoms with Gasteiger partial charge in [-0.25, -0.2) is 0 Å². The number of rotatable bonds is 4. The third kappa shape index (κ3) is 3.65. The van der Waals surface area contributed by atoms with Gasteiger partial charge >= 0.3 is 0 Å². The molecule has 0 aliphatic rings. The van der Waals surface area contributed by atoms with Crippen LogP contribution in [0.1, 0.15) is 40.8 Å². The molecule has 1 unspecified atom stereocenters. The lowest BCUT2D eigenvalue weighted by atomic mass is 10.0. The SMILES string of the molecule is Cc1cc(C)cc(C(C)NCc2ccncc2C)c1. The summed E-state index contributed by atoms with van der Waals surface area (Å²) in [6.07, 6.45) is 3.77. The van der Waals surface area contributed by atoms with Crippen LogP contribution < -0.4 is 5.32 Å². The number of pyridine rings is 1. The van der Waals surface area contributed by atoms with Crippen LogP contribution in [0.2, 0.25) is 0 Å². The van der Waals surface area contributed by atoms with Crippen molar-refractivity contribution in [2.45, 2.75) is 40.3 Å². The predicted octanol–water partition coefficient (Wildman–Crippen LogP) is 3.86. The lowest BCUT2D eigenvalue weighted by molar-refractivity contribution is 0.572. The Balaban J connectivity index is 2.05. The van der Waals surface area contributed by atoms with Crippen molar-refractivity contribution in [2.24, 2.45) is 0 Å². The molecule has 0 aliphatic heterocycles. The molecule has 100 valence electrons. The second-order valence-corrected chi connectivity index (χ2v) is 5.33. The second kappa shape index (κ2) is 5.98. The molecule has 0 fully saturated rings. The normalized spacial score (nSPS) is 12.4. The average molecular weight is 254 g/mol. The zero-order valence-electron chi connectivity index (χ0n) is 12.2. The first kappa shape index (κ1) is 13.8.